The highest BCUT2D eigenvalue weighted by Crippen LogP contribution is 2.17. The summed E-state index contributed by atoms with van der Waals surface area (Å²) in [5.74, 6) is 0.608. The fourth-order valence-electron chi connectivity index (χ4n) is 1.40. The van der Waals surface area contributed by atoms with Gasteiger partial charge in [0.1, 0.15) is 5.75 Å². The van der Waals surface area contributed by atoms with Crippen molar-refractivity contribution < 1.29 is 13.2 Å². The van der Waals surface area contributed by atoms with Crippen LogP contribution in [0.3, 0.4) is 0 Å². The predicted octanol–water partition coefficient (Wildman–Crippen LogP) is 1.30. The molecule has 0 aliphatic rings. The summed E-state index contributed by atoms with van der Waals surface area (Å²) in [5, 5.41) is 4.95. The van der Waals surface area contributed by atoms with Crippen molar-refractivity contribution in [3.8, 4) is 5.75 Å². The van der Waals surface area contributed by atoms with Crippen LogP contribution >= 0.6 is 0 Å². The molecule has 1 unspecified atom stereocenters. The van der Waals surface area contributed by atoms with E-state index in [1.165, 1.54) is 0 Å². The molecule has 0 fully saturated rings. The van der Waals surface area contributed by atoms with Gasteiger partial charge in [-0.05, 0) is 18.6 Å². The molecule has 0 aliphatic heterocycles. The minimum Gasteiger partial charge on any atom is -0.493 e. The van der Waals surface area contributed by atoms with E-state index in [1.807, 2.05) is 31.2 Å². The van der Waals surface area contributed by atoms with Crippen LogP contribution in [0.15, 0.2) is 24.3 Å². The highest BCUT2D eigenvalue weighted by Gasteiger charge is 2.12. The number of aryl methyl sites for hydroxylation is 1. The minimum absolute atomic E-state index is 0.0567. The number of rotatable bonds is 5. The smallest absolute Gasteiger partial charge is 0.209 e. The Bertz CT molecular complexity index is 442. The van der Waals surface area contributed by atoms with Crippen LogP contribution in [0.5, 0.6) is 5.75 Å². The number of hydrogen-bond acceptors (Lipinski definition) is 3. The van der Waals surface area contributed by atoms with Crippen LogP contribution in [0.1, 0.15) is 12.5 Å². The van der Waals surface area contributed by atoms with Gasteiger partial charge >= 0.3 is 0 Å². The molecule has 0 saturated heterocycles. The molecule has 0 radical (unpaired) electrons. The van der Waals surface area contributed by atoms with Gasteiger partial charge in [-0.15, -0.1) is 0 Å². The maximum Gasteiger partial charge on any atom is 0.209 e. The monoisotopic (exact) mass is 243 g/mol. The van der Waals surface area contributed by atoms with Gasteiger partial charge in [-0.1, -0.05) is 25.1 Å². The van der Waals surface area contributed by atoms with Crippen LogP contribution < -0.4 is 9.88 Å². The average Bonchev–Trinajstić information content (AvgIpc) is 2.14. The SMILES string of the molecule is Cc1ccccc1OCC(C)CS(N)(=O)=O. The van der Waals surface area contributed by atoms with Crippen molar-refractivity contribution in [2.75, 3.05) is 12.4 Å². The van der Waals surface area contributed by atoms with Gasteiger partial charge in [0.15, 0.2) is 0 Å². The first-order chi connectivity index (χ1) is 7.38. The highest BCUT2D eigenvalue weighted by molar-refractivity contribution is 7.89. The third-order valence-electron chi connectivity index (χ3n) is 2.13. The molecule has 0 heterocycles. The van der Waals surface area contributed by atoms with E-state index >= 15 is 0 Å². The number of nitrogens with two attached hydrogens (primary N) is 1. The van der Waals surface area contributed by atoms with Crippen molar-refractivity contribution in [3.05, 3.63) is 29.8 Å². The average molecular weight is 243 g/mol. The molecule has 5 heteroatoms. The lowest BCUT2D eigenvalue weighted by Gasteiger charge is -2.13. The van der Waals surface area contributed by atoms with Gasteiger partial charge in [0.05, 0.1) is 12.4 Å². The molecule has 16 heavy (non-hydrogen) atoms. The van der Waals surface area contributed by atoms with Crippen molar-refractivity contribution in [2.24, 2.45) is 11.1 Å². The normalized spacial score (nSPS) is 13.4. The van der Waals surface area contributed by atoms with Gasteiger partial charge in [-0.25, -0.2) is 13.6 Å². The first kappa shape index (κ1) is 13.0. The van der Waals surface area contributed by atoms with E-state index in [-0.39, 0.29) is 11.7 Å². The number of benzene rings is 1. The Morgan fingerprint density at radius 1 is 1.38 bits per heavy atom. The van der Waals surface area contributed by atoms with Gasteiger partial charge in [0, 0.05) is 5.92 Å². The lowest BCUT2D eigenvalue weighted by Crippen LogP contribution is -2.25. The molecule has 1 rings (SSSR count). The van der Waals surface area contributed by atoms with E-state index in [1.54, 1.807) is 6.92 Å². The Morgan fingerprint density at radius 3 is 2.56 bits per heavy atom. The molecule has 4 nitrogen and oxygen atoms in total. The zero-order valence-electron chi connectivity index (χ0n) is 9.51. The van der Waals surface area contributed by atoms with Crippen LogP contribution in [-0.4, -0.2) is 20.8 Å². The van der Waals surface area contributed by atoms with Gasteiger partial charge in [-0.3, -0.25) is 0 Å². The summed E-state index contributed by atoms with van der Waals surface area (Å²) in [4.78, 5) is 0. The Morgan fingerprint density at radius 2 is 2.00 bits per heavy atom. The largest absolute Gasteiger partial charge is 0.493 e. The number of ether oxygens (including phenoxy) is 1. The summed E-state index contributed by atoms with van der Waals surface area (Å²) < 4.78 is 27.2. The predicted molar refractivity (Wildman–Crippen MR) is 63.8 cm³/mol. The fraction of sp³-hybridized carbons (Fsp3) is 0.455. The van der Waals surface area contributed by atoms with Crippen molar-refractivity contribution in [1.82, 2.24) is 0 Å². The molecule has 0 aromatic heterocycles. The quantitative estimate of drug-likeness (QED) is 0.847. The number of hydrogen-bond donors (Lipinski definition) is 1. The minimum atomic E-state index is -3.42. The van der Waals surface area contributed by atoms with Crippen molar-refractivity contribution >= 4 is 10.0 Å². The molecule has 1 aromatic rings. The third kappa shape index (κ3) is 4.63. The number of sulfonamides is 1. The molecule has 1 atom stereocenters. The first-order valence-corrected chi connectivity index (χ1v) is 6.79. The van der Waals surface area contributed by atoms with E-state index in [9.17, 15) is 8.42 Å². The zero-order valence-corrected chi connectivity index (χ0v) is 10.3. The van der Waals surface area contributed by atoms with Gasteiger partial charge in [0.2, 0.25) is 10.0 Å². The van der Waals surface area contributed by atoms with Crippen molar-refractivity contribution in [2.45, 2.75) is 13.8 Å². The lowest BCUT2D eigenvalue weighted by atomic mass is 10.2. The maximum absolute atomic E-state index is 10.8. The number of para-hydroxylation sites is 1. The van der Waals surface area contributed by atoms with Crippen molar-refractivity contribution in [3.63, 3.8) is 0 Å². The van der Waals surface area contributed by atoms with E-state index < -0.39 is 10.0 Å². The molecule has 1 aromatic carbocycles. The third-order valence-corrected chi connectivity index (χ3v) is 3.17. The summed E-state index contributed by atoms with van der Waals surface area (Å²) in [6, 6.07) is 7.61. The summed E-state index contributed by atoms with van der Waals surface area (Å²) in [7, 11) is -3.42. The summed E-state index contributed by atoms with van der Waals surface area (Å²) in [5.41, 5.74) is 1.03. The van der Waals surface area contributed by atoms with Crippen LogP contribution in [0, 0.1) is 12.8 Å². The van der Waals surface area contributed by atoms with Gasteiger partial charge < -0.3 is 4.74 Å². The first-order valence-electron chi connectivity index (χ1n) is 5.07. The molecule has 0 bridgehead atoms. The molecular formula is C11H17NO3S. The van der Waals surface area contributed by atoms with Crippen LogP contribution in [0.2, 0.25) is 0 Å². The van der Waals surface area contributed by atoms with Gasteiger partial charge in [0.25, 0.3) is 0 Å². The summed E-state index contributed by atoms with van der Waals surface area (Å²) in [6.45, 7) is 4.09. The Kier molecular flexibility index (Phi) is 4.32. The van der Waals surface area contributed by atoms with Crippen LogP contribution in [0.4, 0.5) is 0 Å². The van der Waals surface area contributed by atoms with E-state index in [0.717, 1.165) is 11.3 Å². The highest BCUT2D eigenvalue weighted by atomic mass is 32.2. The topological polar surface area (TPSA) is 69.4 Å². The maximum atomic E-state index is 10.8. The Balaban J connectivity index is 2.49. The Labute approximate surface area is 96.5 Å². The summed E-state index contributed by atoms with van der Waals surface area (Å²) in [6.07, 6.45) is 0. The molecule has 0 amide bonds. The standard InChI is InChI=1S/C11H17NO3S/c1-9(8-16(12,13)14)7-15-11-6-4-3-5-10(11)2/h3-6,9H,7-8H2,1-2H3,(H2,12,13,14). The van der Waals surface area contributed by atoms with E-state index in [4.69, 9.17) is 9.88 Å². The summed E-state index contributed by atoms with van der Waals surface area (Å²) >= 11 is 0. The molecule has 0 aliphatic carbocycles. The molecule has 0 spiro atoms. The molecule has 2 N–H and O–H groups in total. The van der Waals surface area contributed by atoms with Gasteiger partial charge in [-0.2, -0.15) is 0 Å². The second-order valence-corrected chi connectivity index (χ2v) is 5.67. The Hall–Kier alpha value is -1.07. The zero-order chi connectivity index (χ0) is 12.2. The molecular weight excluding hydrogens is 226 g/mol. The second-order valence-electron chi connectivity index (χ2n) is 4.01. The van der Waals surface area contributed by atoms with E-state index in [2.05, 4.69) is 0 Å². The van der Waals surface area contributed by atoms with Crippen molar-refractivity contribution in [1.29, 1.82) is 0 Å². The molecule has 90 valence electrons. The van der Waals surface area contributed by atoms with Crippen LogP contribution in [-0.2, 0) is 10.0 Å². The second kappa shape index (κ2) is 5.32. The fourth-order valence-corrected chi connectivity index (χ4v) is 2.28. The number of primary sulfonamides is 1. The lowest BCUT2D eigenvalue weighted by molar-refractivity contribution is 0.270. The van der Waals surface area contributed by atoms with E-state index in [0.29, 0.717) is 6.61 Å². The molecule has 0 saturated carbocycles. The van der Waals surface area contributed by atoms with Crippen LogP contribution in [0.25, 0.3) is 0 Å².